The predicted octanol–water partition coefficient (Wildman–Crippen LogP) is 2.80. The summed E-state index contributed by atoms with van der Waals surface area (Å²) in [6, 6.07) is 19.0. The third-order valence-electron chi connectivity index (χ3n) is 4.39. The molecule has 1 N–H and O–H groups in total. The predicted molar refractivity (Wildman–Crippen MR) is 109 cm³/mol. The van der Waals surface area contributed by atoms with E-state index in [2.05, 4.69) is 4.98 Å². The van der Waals surface area contributed by atoms with Crippen LogP contribution in [-0.2, 0) is 16.1 Å². The van der Waals surface area contributed by atoms with Crippen LogP contribution < -0.4 is 4.90 Å². The molecule has 3 aromatic rings. The number of carbonyl (C=O) groups excluding carboxylic acids is 1. The first kappa shape index (κ1) is 20.2. The van der Waals surface area contributed by atoms with E-state index >= 15 is 0 Å². The number of hydrogen-bond donors (Lipinski definition) is 1. The molecule has 7 heteroatoms. The number of aliphatic hydroxyl groups is 1. The van der Waals surface area contributed by atoms with Crippen molar-refractivity contribution in [2.75, 3.05) is 24.7 Å². The van der Waals surface area contributed by atoms with Crippen molar-refractivity contribution in [2.24, 2.45) is 0 Å². The first-order valence-corrected chi connectivity index (χ1v) is 9.40. The zero-order chi connectivity index (χ0) is 20.6. The number of nitriles is 1. The maximum Gasteiger partial charge on any atom is 0.329 e. The number of rotatable bonds is 8. The largest absolute Gasteiger partial charge is 0.465 e. The minimum absolute atomic E-state index is 0.114. The monoisotopic (exact) mass is 390 g/mol. The van der Waals surface area contributed by atoms with Crippen LogP contribution in [0.4, 0.5) is 5.82 Å². The Balaban J connectivity index is 2.14. The maximum atomic E-state index is 12.4. The van der Waals surface area contributed by atoms with Crippen LogP contribution in [0.15, 0.2) is 54.6 Å². The van der Waals surface area contributed by atoms with Crippen molar-refractivity contribution in [3.05, 3.63) is 65.9 Å². The SMILES string of the molecule is CCOC(=O)[C@H](C#N)c1nc2ccccc2nc1N(CCO)Cc1ccccc1. The smallest absolute Gasteiger partial charge is 0.329 e. The van der Waals surface area contributed by atoms with Crippen LogP contribution >= 0.6 is 0 Å². The number of para-hydroxylation sites is 2. The minimum Gasteiger partial charge on any atom is -0.465 e. The molecular weight excluding hydrogens is 368 g/mol. The second-order valence-corrected chi connectivity index (χ2v) is 6.37. The zero-order valence-electron chi connectivity index (χ0n) is 16.2. The van der Waals surface area contributed by atoms with Gasteiger partial charge >= 0.3 is 5.97 Å². The molecule has 0 saturated carbocycles. The van der Waals surface area contributed by atoms with Crippen molar-refractivity contribution in [1.82, 2.24) is 9.97 Å². The summed E-state index contributed by atoms with van der Waals surface area (Å²) in [6.07, 6.45) is 0. The van der Waals surface area contributed by atoms with Gasteiger partial charge in [0, 0.05) is 13.1 Å². The molecule has 2 aromatic carbocycles. The Morgan fingerprint density at radius 1 is 1.14 bits per heavy atom. The Labute approximate surface area is 169 Å². The molecule has 0 aliphatic carbocycles. The molecule has 148 valence electrons. The van der Waals surface area contributed by atoms with Gasteiger partial charge in [-0.3, -0.25) is 4.79 Å². The quantitative estimate of drug-likeness (QED) is 0.590. The minimum atomic E-state index is -1.21. The van der Waals surface area contributed by atoms with Crippen molar-refractivity contribution in [1.29, 1.82) is 5.26 Å². The average Bonchev–Trinajstić information content (AvgIpc) is 2.74. The lowest BCUT2D eigenvalue weighted by Crippen LogP contribution is -2.30. The molecule has 1 heterocycles. The van der Waals surface area contributed by atoms with Crippen LogP contribution in [0.2, 0.25) is 0 Å². The summed E-state index contributed by atoms with van der Waals surface area (Å²) in [5.41, 5.74) is 2.46. The van der Waals surface area contributed by atoms with E-state index in [0.29, 0.717) is 23.4 Å². The van der Waals surface area contributed by atoms with Crippen LogP contribution in [0.25, 0.3) is 11.0 Å². The van der Waals surface area contributed by atoms with Crippen molar-refractivity contribution in [3.8, 4) is 6.07 Å². The van der Waals surface area contributed by atoms with Gasteiger partial charge in [0.15, 0.2) is 11.7 Å². The van der Waals surface area contributed by atoms with E-state index in [1.165, 1.54) is 0 Å². The first-order chi connectivity index (χ1) is 14.2. The normalized spacial score (nSPS) is 11.6. The number of benzene rings is 2. The molecule has 29 heavy (non-hydrogen) atoms. The standard InChI is InChI=1S/C22H22N4O3/c1-2-29-22(28)17(14-23)20-21(25-19-11-7-6-10-18(19)24-20)26(12-13-27)15-16-8-4-3-5-9-16/h3-11,17,27H,2,12-13,15H2,1H3/t17-/m1/s1. The molecule has 0 spiro atoms. The van der Waals surface area contributed by atoms with Crippen molar-refractivity contribution in [3.63, 3.8) is 0 Å². The number of hydrogen-bond acceptors (Lipinski definition) is 7. The molecule has 0 radical (unpaired) electrons. The fourth-order valence-corrected chi connectivity index (χ4v) is 3.07. The van der Waals surface area contributed by atoms with E-state index < -0.39 is 11.9 Å². The molecule has 0 aliphatic rings. The molecule has 0 saturated heterocycles. The second kappa shape index (κ2) is 9.62. The lowest BCUT2D eigenvalue weighted by Gasteiger charge is -2.26. The first-order valence-electron chi connectivity index (χ1n) is 9.40. The fourth-order valence-electron chi connectivity index (χ4n) is 3.07. The van der Waals surface area contributed by atoms with Gasteiger partial charge < -0.3 is 14.7 Å². The molecule has 1 aromatic heterocycles. The van der Waals surface area contributed by atoms with E-state index in [1.54, 1.807) is 13.0 Å². The Kier molecular flexibility index (Phi) is 6.72. The lowest BCUT2D eigenvalue weighted by atomic mass is 10.1. The summed E-state index contributed by atoms with van der Waals surface area (Å²) >= 11 is 0. The van der Waals surface area contributed by atoms with Gasteiger partial charge in [0.2, 0.25) is 0 Å². The Bertz CT molecular complexity index is 1020. The van der Waals surface area contributed by atoms with Gasteiger partial charge in [-0.2, -0.15) is 5.26 Å². The molecule has 0 fully saturated rings. The molecule has 1 atom stereocenters. The van der Waals surface area contributed by atoms with E-state index in [-0.39, 0.29) is 25.5 Å². The third kappa shape index (κ3) is 4.68. The Hall–Kier alpha value is -3.50. The molecule has 0 aliphatic heterocycles. The highest BCUT2D eigenvalue weighted by Gasteiger charge is 2.29. The van der Waals surface area contributed by atoms with Crippen LogP contribution in [0.5, 0.6) is 0 Å². The lowest BCUT2D eigenvalue weighted by molar-refractivity contribution is -0.143. The summed E-state index contributed by atoms with van der Waals surface area (Å²) in [5, 5.41) is 19.3. The summed E-state index contributed by atoms with van der Waals surface area (Å²) in [7, 11) is 0. The number of esters is 1. The van der Waals surface area contributed by atoms with E-state index in [0.717, 1.165) is 5.56 Å². The summed E-state index contributed by atoms with van der Waals surface area (Å²) < 4.78 is 5.08. The van der Waals surface area contributed by atoms with Crippen LogP contribution in [0, 0.1) is 11.3 Å². The highest BCUT2D eigenvalue weighted by atomic mass is 16.5. The Morgan fingerprint density at radius 3 is 2.41 bits per heavy atom. The molecule has 0 bridgehead atoms. The van der Waals surface area contributed by atoms with E-state index in [1.807, 2.05) is 59.5 Å². The number of aromatic nitrogens is 2. The molecular formula is C22H22N4O3. The number of aliphatic hydroxyl groups excluding tert-OH is 1. The Morgan fingerprint density at radius 2 is 1.79 bits per heavy atom. The second-order valence-electron chi connectivity index (χ2n) is 6.37. The number of fused-ring (bicyclic) bond motifs is 1. The van der Waals surface area contributed by atoms with Crippen LogP contribution in [0.3, 0.4) is 0 Å². The average molecular weight is 390 g/mol. The van der Waals surface area contributed by atoms with Gasteiger partial charge in [-0.1, -0.05) is 42.5 Å². The molecule has 3 rings (SSSR count). The number of anilines is 1. The van der Waals surface area contributed by atoms with Crippen molar-refractivity contribution < 1.29 is 14.6 Å². The van der Waals surface area contributed by atoms with Gasteiger partial charge in [-0.15, -0.1) is 0 Å². The number of ether oxygens (including phenoxy) is 1. The summed E-state index contributed by atoms with van der Waals surface area (Å²) in [6.45, 7) is 2.46. The maximum absolute atomic E-state index is 12.4. The molecule has 0 amide bonds. The van der Waals surface area contributed by atoms with Crippen LogP contribution in [-0.4, -0.2) is 40.8 Å². The molecule has 7 nitrogen and oxygen atoms in total. The highest BCUT2D eigenvalue weighted by molar-refractivity contribution is 5.85. The van der Waals surface area contributed by atoms with Gasteiger partial charge in [0.1, 0.15) is 5.69 Å². The fraction of sp³-hybridized carbons (Fsp3) is 0.273. The van der Waals surface area contributed by atoms with Crippen LogP contribution in [0.1, 0.15) is 24.1 Å². The van der Waals surface area contributed by atoms with Crippen molar-refractivity contribution in [2.45, 2.75) is 19.4 Å². The topological polar surface area (TPSA) is 99.3 Å². The van der Waals surface area contributed by atoms with Gasteiger partial charge in [0.25, 0.3) is 0 Å². The third-order valence-corrected chi connectivity index (χ3v) is 4.39. The zero-order valence-corrected chi connectivity index (χ0v) is 16.2. The van der Waals surface area contributed by atoms with Gasteiger partial charge in [0.05, 0.1) is 30.3 Å². The number of carbonyl (C=O) groups is 1. The van der Waals surface area contributed by atoms with Gasteiger partial charge in [-0.25, -0.2) is 9.97 Å². The van der Waals surface area contributed by atoms with E-state index in [4.69, 9.17) is 9.72 Å². The summed E-state index contributed by atoms with van der Waals surface area (Å²) in [4.78, 5) is 23.5. The number of nitrogens with zero attached hydrogens (tertiary/aromatic N) is 4. The molecule has 0 unspecified atom stereocenters. The van der Waals surface area contributed by atoms with Crippen molar-refractivity contribution >= 4 is 22.8 Å². The highest BCUT2D eigenvalue weighted by Crippen LogP contribution is 2.29. The summed E-state index contributed by atoms with van der Waals surface area (Å²) in [5.74, 6) is -1.48. The van der Waals surface area contributed by atoms with E-state index in [9.17, 15) is 15.2 Å². The van der Waals surface area contributed by atoms with Gasteiger partial charge in [-0.05, 0) is 24.6 Å².